The first-order valence-corrected chi connectivity index (χ1v) is 8.82. The highest BCUT2D eigenvalue weighted by Crippen LogP contribution is 2.39. The highest BCUT2D eigenvalue weighted by atomic mass is 79.9. The highest BCUT2D eigenvalue weighted by Gasteiger charge is 2.30. The van der Waals surface area contributed by atoms with Crippen molar-refractivity contribution in [2.75, 3.05) is 33.4 Å². The minimum atomic E-state index is 0.551. The molecule has 1 aromatic rings. The molecule has 0 saturated carbocycles. The monoisotopic (exact) mass is 352 g/mol. The molecule has 3 nitrogen and oxygen atoms in total. The predicted octanol–water partition coefficient (Wildman–Crippen LogP) is 3.14. The largest absolute Gasteiger partial charge is 0.383 e. The molecule has 2 atom stereocenters. The molecule has 3 rings (SSSR count). The zero-order chi connectivity index (χ0) is 14.7. The molecule has 1 heterocycles. The fourth-order valence-electron chi connectivity index (χ4n) is 3.75. The van der Waals surface area contributed by atoms with Gasteiger partial charge >= 0.3 is 0 Å². The van der Waals surface area contributed by atoms with Gasteiger partial charge in [-0.2, -0.15) is 0 Å². The number of hydrogen-bond acceptors (Lipinski definition) is 3. The minimum Gasteiger partial charge on any atom is -0.383 e. The summed E-state index contributed by atoms with van der Waals surface area (Å²) in [4.78, 5) is 2.63. The fraction of sp³-hybridized carbons (Fsp3) is 0.647. The maximum Gasteiger partial charge on any atom is 0.0589 e. The number of rotatable bonds is 6. The first-order valence-electron chi connectivity index (χ1n) is 8.03. The summed E-state index contributed by atoms with van der Waals surface area (Å²) >= 11 is 3.71. The predicted molar refractivity (Wildman–Crippen MR) is 89.7 cm³/mol. The summed E-state index contributed by atoms with van der Waals surface area (Å²) in [5, 5.41) is 3.63. The molecule has 2 unspecified atom stereocenters. The van der Waals surface area contributed by atoms with Crippen molar-refractivity contribution < 1.29 is 4.74 Å². The number of methoxy groups -OCH3 is 1. The fourth-order valence-corrected chi connectivity index (χ4v) is 4.33. The van der Waals surface area contributed by atoms with Gasteiger partial charge in [0.15, 0.2) is 0 Å². The molecule has 0 spiro atoms. The third kappa shape index (κ3) is 3.50. The summed E-state index contributed by atoms with van der Waals surface area (Å²) in [5.74, 6) is 0. The number of ether oxygens (including phenoxy) is 1. The van der Waals surface area contributed by atoms with Gasteiger partial charge in [-0.25, -0.2) is 0 Å². The van der Waals surface area contributed by atoms with Gasteiger partial charge in [0, 0.05) is 36.8 Å². The van der Waals surface area contributed by atoms with Crippen LogP contribution in [0.1, 0.15) is 36.4 Å². The van der Waals surface area contributed by atoms with Crippen LogP contribution < -0.4 is 5.32 Å². The second-order valence-corrected chi connectivity index (χ2v) is 7.00. The lowest BCUT2D eigenvalue weighted by molar-refractivity contribution is 0.112. The number of fused-ring (bicyclic) bond motifs is 1. The smallest absolute Gasteiger partial charge is 0.0589 e. The van der Waals surface area contributed by atoms with Gasteiger partial charge in [-0.1, -0.05) is 28.1 Å². The van der Waals surface area contributed by atoms with Gasteiger partial charge in [0.1, 0.15) is 0 Å². The molecular formula is C17H25BrN2O. The van der Waals surface area contributed by atoms with E-state index in [1.54, 1.807) is 7.11 Å². The summed E-state index contributed by atoms with van der Waals surface area (Å²) in [5.41, 5.74) is 3.02. The second kappa shape index (κ2) is 7.23. The molecule has 1 aliphatic heterocycles. The van der Waals surface area contributed by atoms with Crippen molar-refractivity contribution in [3.8, 4) is 0 Å². The topological polar surface area (TPSA) is 24.5 Å². The normalized spacial score (nSPS) is 24.7. The number of nitrogens with one attached hydrogen (secondary N) is 1. The standard InChI is InChI=1S/C17H25BrN2O/c1-21-11-10-20(12-13-4-3-9-19-13)17-8-7-14-15(17)5-2-6-16(14)18/h2,5-6,13,17,19H,3-4,7-12H2,1H3. The molecule has 1 aromatic carbocycles. The molecule has 1 fully saturated rings. The SMILES string of the molecule is COCCN(CC1CCCN1)C1CCc2c(Br)cccc21. The molecule has 0 amide bonds. The van der Waals surface area contributed by atoms with Crippen LogP contribution in [0.3, 0.4) is 0 Å². The van der Waals surface area contributed by atoms with Crippen molar-refractivity contribution in [2.45, 2.75) is 37.8 Å². The molecule has 1 aliphatic carbocycles. The van der Waals surface area contributed by atoms with Crippen LogP contribution in [0.5, 0.6) is 0 Å². The van der Waals surface area contributed by atoms with E-state index < -0.39 is 0 Å². The third-order valence-corrected chi connectivity index (χ3v) is 5.57. The third-order valence-electron chi connectivity index (χ3n) is 4.82. The van der Waals surface area contributed by atoms with Crippen molar-refractivity contribution in [1.29, 1.82) is 0 Å². The maximum atomic E-state index is 5.34. The van der Waals surface area contributed by atoms with Crippen LogP contribution in [0.4, 0.5) is 0 Å². The molecule has 1 saturated heterocycles. The summed E-state index contributed by atoms with van der Waals surface area (Å²) in [6.45, 7) is 4.15. The molecule has 0 aromatic heterocycles. The van der Waals surface area contributed by atoms with E-state index in [1.165, 1.54) is 47.8 Å². The van der Waals surface area contributed by atoms with Gasteiger partial charge in [0.2, 0.25) is 0 Å². The van der Waals surface area contributed by atoms with Gasteiger partial charge in [-0.3, -0.25) is 4.90 Å². The van der Waals surface area contributed by atoms with Gasteiger partial charge in [-0.05, 0) is 49.4 Å². The van der Waals surface area contributed by atoms with Crippen LogP contribution >= 0.6 is 15.9 Å². The van der Waals surface area contributed by atoms with E-state index in [-0.39, 0.29) is 0 Å². The lowest BCUT2D eigenvalue weighted by atomic mass is 10.1. The van der Waals surface area contributed by atoms with Gasteiger partial charge in [0.25, 0.3) is 0 Å². The van der Waals surface area contributed by atoms with Crippen molar-refractivity contribution in [2.24, 2.45) is 0 Å². The van der Waals surface area contributed by atoms with Gasteiger partial charge in [-0.15, -0.1) is 0 Å². The molecule has 1 N–H and O–H groups in total. The maximum absolute atomic E-state index is 5.34. The van der Waals surface area contributed by atoms with E-state index in [9.17, 15) is 0 Å². The quantitative estimate of drug-likeness (QED) is 0.850. The van der Waals surface area contributed by atoms with Crippen molar-refractivity contribution in [3.63, 3.8) is 0 Å². The molecular weight excluding hydrogens is 328 g/mol. The molecule has 116 valence electrons. The first-order chi connectivity index (χ1) is 10.3. The Morgan fingerprint density at radius 3 is 3.05 bits per heavy atom. The summed E-state index contributed by atoms with van der Waals surface area (Å²) in [7, 11) is 1.80. The Labute approximate surface area is 136 Å². The Bertz CT molecular complexity index is 474. The average molecular weight is 353 g/mol. The van der Waals surface area contributed by atoms with E-state index in [1.807, 2.05) is 0 Å². The number of benzene rings is 1. The molecule has 4 heteroatoms. The van der Waals surface area contributed by atoms with E-state index in [2.05, 4.69) is 44.3 Å². The van der Waals surface area contributed by atoms with Crippen LogP contribution in [0, 0.1) is 0 Å². The molecule has 0 bridgehead atoms. The van der Waals surface area contributed by atoms with Gasteiger partial charge < -0.3 is 10.1 Å². The van der Waals surface area contributed by atoms with E-state index in [0.29, 0.717) is 12.1 Å². The van der Waals surface area contributed by atoms with Crippen molar-refractivity contribution in [3.05, 3.63) is 33.8 Å². The number of nitrogens with zero attached hydrogens (tertiary/aromatic N) is 1. The zero-order valence-electron chi connectivity index (χ0n) is 12.8. The summed E-state index contributed by atoms with van der Waals surface area (Å²) < 4.78 is 6.61. The van der Waals surface area contributed by atoms with Crippen LogP contribution in [0.2, 0.25) is 0 Å². The Balaban J connectivity index is 1.75. The average Bonchev–Trinajstić information content (AvgIpc) is 3.13. The molecule has 0 radical (unpaired) electrons. The van der Waals surface area contributed by atoms with Crippen LogP contribution in [0.15, 0.2) is 22.7 Å². The van der Waals surface area contributed by atoms with Crippen LogP contribution in [-0.4, -0.2) is 44.3 Å². The Morgan fingerprint density at radius 2 is 2.29 bits per heavy atom. The first kappa shape index (κ1) is 15.5. The Hall–Kier alpha value is -0.420. The van der Waals surface area contributed by atoms with Gasteiger partial charge in [0.05, 0.1) is 6.61 Å². The summed E-state index contributed by atoms with van der Waals surface area (Å²) in [6, 6.07) is 7.84. The number of hydrogen-bond donors (Lipinski definition) is 1. The second-order valence-electron chi connectivity index (χ2n) is 6.14. The van der Waals surface area contributed by atoms with Crippen molar-refractivity contribution >= 4 is 15.9 Å². The minimum absolute atomic E-state index is 0.551. The zero-order valence-corrected chi connectivity index (χ0v) is 14.4. The highest BCUT2D eigenvalue weighted by molar-refractivity contribution is 9.10. The van der Waals surface area contributed by atoms with E-state index in [4.69, 9.17) is 4.74 Å². The van der Waals surface area contributed by atoms with E-state index in [0.717, 1.165) is 19.7 Å². The van der Waals surface area contributed by atoms with Crippen LogP contribution in [0.25, 0.3) is 0 Å². The Kier molecular flexibility index (Phi) is 5.33. The van der Waals surface area contributed by atoms with Crippen LogP contribution in [-0.2, 0) is 11.2 Å². The Morgan fingerprint density at radius 1 is 1.38 bits per heavy atom. The number of halogens is 1. The van der Waals surface area contributed by atoms with Crippen molar-refractivity contribution in [1.82, 2.24) is 10.2 Å². The van der Waals surface area contributed by atoms with E-state index >= 15 is 0 Å². The lowest BCUT2D eigenvalue weighted by Gasteiger charge is -2.31. The molecule has 21 heavy (non-hydrogen) atoms. The summed E-state index contributed by atoms with van der Waals surface area (Å²) in [6.07, 6.45) is 5.04. The lowest BCUT2D eigenvalue weighted by Crippen LogP contribution is -2.40. The molecule has 2 aliphatic rings.